The SMILES string of the molecule is CC(C)(C)N1C[C@@H](NC(=O)O)[C@H](c2cc(F)cc(F)c2)C1. The summed E-state index contributed by atoms with van der Waals surface area (Å²) in [6.45, 7) is 7.15. The maximum atomic E-state index is 13.4. The van der Waals surface area contributed by atoms with E-state index in [0.717, 1.165) is 6.07 Å². The van der Waals surface area contributed by atoms with E-state index in [-0.39, 0.29) is 17.5 Å². The Morgan fingerprint density at radius 2 is 1.81 bits per heavy atom. The maximum absolute atomic E-state index is 13.4. The van der Waals surface area contributed by atoms with Gasteiger partial charge < -0.3 is 10.4 Å². The highest BCUT2D eigenvalue weighted by Gasteiger charge is 2.39. The van der Waals surface area contributed by atoms with Crippen LogP contribution in [0.15, 0.2) is 18.2 Å². The van der Waals surface area contributed by atoms with E-state index >= 15 is 0 Å². The molecule has 0 saturated carbocycles. The van der Waals surface area contributed by atoms with Crippen molar-refractivity contribution in [3.63, 3.8) is 0 Å². The highest BCUT2D eigenvalue weighted by Crippen LogP contribution is 2.32. The number of hydrogen-bond donors (Lipinski definition) is 2. The Balaban J connectivity index is 2.31. The summed E-state index contributed by atoms with van der Waals surface area (Å²) in [6, 6.07) is 2.98. The first kappa shape index (κ1) is 15.7. The number of carbonyl (C=O) groups is 1. The van der Waals surface area contributed by atoms with Crippen LogP contribution in [0.2, 0.25) is 0 Å². The Morgan fingerprint density at radius 3 is 2.29 bits per heavy atom. The van der Waals surface area contributed by atoms with E-state index in [4.69, 9.17) is 5.11 Å². The molecule has 1 aromatic carbocycles. The average molecular weight is 298 g/mol. The van der Waals surface area contributed by atoms with Crippen LogP contribution in [0, 0.1) is 11.6 Å². The van der Waals surface area contributed by atoms with Crippen LogP contribution in [0.1, 0.15) is 32.3 Å². The number of carboxylic acid groups (broad SMARTS) is 1. The molecule has 0 spiro atoms. The van der Waals surface area contributed by atoms with Crippen LogP contribution in [-0.4, -0.2) is 40.8 Å². The molecule has 6 heteroatoms. The molecule has 1 saturated heterocycles. The fraction of sp³-hybridized carbons (Fsp3) is 0.533. The molecule has 116 valence electrons. The predicted octanol–water partition coefficient (Wildman–Crippen LogP) is 2.80. The lowest BCUT2D eigenvalue weighted by Crippen LogP contribution is -2.43. The minimum absolute atomic E-state index is 0.140. The monoisotopic (exact) mass is 298 g/mol. The minimum atomic E-state index is -1.13. The van der Waals surface area contributed by atoms with Crippen molar-refractivity contribution in [1.29, 1.82) is 0 Å². The lowest BCUT2D eigenvalue weighted by Gasteiger charge is -2.31. The summed E-state index contributed by atoms with van der Waals surface area (Å²) in [6.07, 6.45) is -1.13. The normalized spacial score (nSPS) is 23.3. The fourth-order valence-corrected chi connectivity index (χ4v) is 2.78. The smallest absolute Gasteiger partial charge is 0.404 e. The standard InChI is InChI=1S/C15H20F2N2O2/c1-15(2,3)19-7-12(13(8-19)18-14(20)21)9-4-10(16)6-11(17)5-9/h4-6,12-13,18H,7-8H2,1-3H3,(H,20,21)/t12-,13+/m0/s1. The largest absolute Gasteiger partial charge is 0.465 e. The van der Waals surface area contributed by atoms with E-state index in [2.05, 4.69) is 10.2 Å². The summed E-state index contributed by atoms with van der Waals surface area (Å²) in [4.78, 5) is 13.1. The summed E-state index contributed by atoms with van der Waals surface area (Å²) in [5.74, 6) is -1.56. The van der Waals surface area contributed by atoms with E-state index in [1.165, 1.54) is 12.1 Å². The van der Waals surface area contributed by atoms with Gasteiger partial charge in [-0.05, 0) is 38.5 Å². The summed E-state index contributed by atoms with van der Waals surface area (Å²) in [5, 5.41) is 11.4. The number of likely N-dealkylation sites (tertiary alicyclic amines) is 1. The van der Waals surface area contributed by atoms with Crippen LogP contribution in [0.3, 0.4) is 0 Å². The van der Waals surface area contributed by atoms with Crippen molar-refractivity contribution in [2.75, 3.05) is 13.1 Å². The molecule has 1 amide bonds. The Kier molecular flexibility index (Phi) is 4.18. The Labute approximate surface area is 122 Å². The quantitative estimate of drug-likeness (QED) is 0.883. The molecule has 0 bridgehead atoms. The molecule has 2 N–H and O–H groups in total. The minimum Gasteiger partial charge on any atom is -0.465 e. The van der Waals surface area contributed by atoms with Crippen molar-refractivity contribution in [3.8, 4) is 0 Å². The van der Waals surface area contributed by atoms with E-state index in [1.807, 2.05) is 20.8 Å². The van der Waals surface area contributed by atoms with Crippen molar-refractivity contribution in [2.24, 2.45) is 0 Å². The molecule has 0 aromatic heterocycles. The van der Waals surface area contributed by atoms with Gasteiger partial charge in [0.05, 0.1) is 6.04 Å². The molecule has 21 heavy (non-hydrogen) atoms. The topological polar surface area (TPSA) is 52.6 Å². The van der Waals surface area contributed by atoms with Gasteiger partial charge in [-0.15, -0.1) is 0 Å². The van der Waals surface area contributed by atoms with Crippen LogP contribution in [0.25, 0.3) is 0 Å². The Hall–Kier alpha value is -1.69. The number of nitrogens with zero attached hydrogens (tertiary/aromatic N) is 1. The lowest BCUT2D eigenvalue weighted by molar-refractivity contribution is 0.165. The molecule has 1 aromatic rings. The lowest BCUT2D eigenvalue weighted by atomic mass is 9.94. The molecule has 2 atom stereocenters. The van der Waals surface area contributed by atoms with Gasteiger partial charge in [-0.2, -0.15) is 0 Å². The number of halogens is 2. The molecule has 0 unspecified atom stereocenters. The summed E-state index contributed by atoms with van der Waals surface area (Å²) >= 11 is 0. The van der Waals surface area contributed by atoms with Crippen LogP contribution in [0.4, 0.5) is 13.6 Å². The number of hydrogen-bond acceptors (Lipinski definition) is 2. The first-order valence-electron chi connectivity index (χ1n) is 6.87. The van der Waals surface area contributed by atoms with Gasteiger partial charge in [0, 0.05) is 30.6 Å². The van der Waals surface area contributed by atoms with Crippen LogP contribution < -0.4 is 5.32 Å². The molecule has 0 radical (unpaired) electrons. The second-order valence-corrected chi connectivity index (χ2v) is 6.44. The summed E-state index contributed by atoms with van der Waals surface area (Å²) in [7, 11) is 0. The van der Waals surface area contributed by atoms with Crippen molar-refractivity contribution in [2.45, 2.75) is 38.3 Å². The van der Waals surface area contributed by atoms with Gasteiger partial charge >= 0.3 is 6.09 Å². The molecule has 1 aliphatic heterocycles. The molecule has 2 rings (SSSR count). The molecule has 1 fully saturated rings. The van der Waals surface area contributed by atoms with Crippen molar-refractivity contribution >= 4 is 6.09 Å². The Morgan fingerprint density at radius 1 is 1.24 bits per heavy atom. The second kappa shape index (κ2) is 5.60. The highest BCUT2D eigenvalue weighted by atomic mass is 19.1. The van der Waals surface area contributed by atoms with Gasteiger partial charge in [0.1, 0.15) is 11.6 Å². The molecule has 1 heterocycles. The number of amides is 1. The fourth-order valence-electron chi connectivity index (χ4n) is 2.78. The third kappa shape index (κ3) is 3.69. The van der Waals surface area contributed by atoms with Crippen LogP contribution in [0.5, 0.6) is 0 Å². The van der Waals surface area contributed by atoms with Gasteiger partial charge in [-0.3, -0.25) is 4.90 Å². The van der Waals surface area contributed by atoms with E-state index in [9.17, 15) is 13.6 Å². The van der Waals surface area contributed by atoms with Gasteiger partial charge in [0.2, 0.25) is 0 Å². The zero-order chi connectivity index (χ0) is 15.8. The predicted molar refractivity (Wildman–Crippen MR) is 75.4 cm³/mol. The number of nitrogens with one attached hydrogen (secondary N) is 1. The van der Waals surface area contributed by atoms with Gasteiger partial charge in [-0.1, -0.05) is 0 Å². The van der Waals surface area contributed by atoms with E-state index < -0.39 is 17.7 Å². The van der Waals surface area contributed by atoms with Crippen LogP contribution in [-0.2, 0) is 0 Å². The zero-order valence-corrected chi connectivity index (χ0v) is 12.4. The molecular formula is C15H20F2N2O2. The first-order chi connectivity index (χ1) is 9.66. The molecule has 0 aliphatic carbocycles. The molecular weight excluding hydrogens is 278 g/mol. The van der Waals surface area contributed by atoms with E-state index in [0.29, 0.717) is 18.7 Å². The number of benzene rings is 1. The van der Waals surface area contributed by atoms with Crippen LogP contribution >= 0.6 is 0 Å². The van der Waals surface area contributed by atoms with Gasteiger partial charge in [0.15, 0.2) is 0 Å². The second-order valence-electron chi connectivity index (χ2n) is 6.44. The third-order valence-electron chi connectivity index (χ3n) is 3.89. The zero-order valence-electron chi connectivity index (χ0n) is 12.4. The summed E-state index contributed by atoms with van der Waals surface area (Å²) < 4.78 is 26.8. The highest BCUT2D eigenvalue weighted by molar-refractivity contribution is 5.65. The summed E-state index contributed by atoms with van der Waals surface area (Å²) in [5.41, 5.74) is 0.344. The molecule has 4 nitrogen and oxygen atoms in total. The Bertz CT molecular complexity index is 523. The first-order valence-corrected chi connectivity index (χ1v) is 6.87. The third-order valence-corrected chi connectivity index (χ3v) is 3.89. The van der Waals surface area contributed by atoms with Crippen molar-refractivity contribution in [1.82, 2.24) is 10.2 Å². The van der Waals surface area contributed by atoms with Gasteiger partial charge in [-0.25, -0.2) is 13.6 Å². The van der Waals surface area contributed by atoms with Crippen molar-refractivity contribution < 1.29 is 18.7 Å². The average Bonchev–Trinajstić information content (AvgIpc) is 2.70. The van der Waals surface area contributed by atoms with E-state index in [1.54, 1.807) is 0 Å². The molecule has 1 aliphatic rings. The van der Waals surface area contributed by atoms with Crippen molar-refractivity contribution in [3.05, 3.63) is 35.4 Å². The number of rotatable bonds is 2. The maximum Gasteiger partial charge on any atom is 0.404 e. The van der Waals surface area contributed by atoms with Gasteiger partial charge in [0.25, 0.3) is 0 Å².